The molecule has 0 saturated heterocycles. The smallest absolute Gasteiger partial charge is 0.491 e. The van der Waals surface area contributed by atoms with Gasteiger partial charge in [-0.15, -0.1) is 13.2 Å². The zero-order valence-corrected chi connectivity index (χ0v) is 16.8. The summed E-state index contributed by atoms with van der Waals surface area (Å²) in [5.74, 6) is 0.0521. The van der Waals surface area contributed by atoms with Gasteiger partial charge in [0.05, 0.1) is 6.10 Å². The Kier molecular flexibility index (Phi) is 9.14. The van der Waals surface area contributed by atoms with Crippen LogP contribution in [0.25, 0.3) is 0 Å². The summed E-state index contributed by atoms with van der Waals surface area (Å²) in [7, 11) is 0. The van der Waals surface area contributed by atoms with Gasteiger partial charge in [0.25, 0.3) is 0 Å². The Morgan fingerprint density at radius 3 is 2.31 bits per heavy atom. The molecule has 0 heterocycles. The number of hydrogen-bond acceptors (Lipinski definition) is 4. The van der Waals surface area contributed by atoms with Crippen molar-refractivity contribution in [1.82, 2.24) is 4.90 Å². The molecule has 2 rings (SSSR count). The number of rotatable bonds is 11. The molecule has 1 atom stereocenters. The molecule has 0 unspecified atom stereocenters. The van der Waals surface area contributed by atoms with Crippen LogP contribution in [0.5, 0.6) is 11.5 Å². The van der Waals surface area contributed by atoms with Crippen molar-refractivity contribution >= 4 is 0 Å². The van der Waals surface area contributed by atoms with Gasteiger partial charge in [-0.05, 0) is 48.6 Å². The molecule has 0 aliphatic rings. The molecule has 0 aliphatic heterocycles. The first kappa shape index (κ1) is 25.7. The first-order chi connectivity index (χ1) is 15.0. The fourth-order valence-corrected chi connectivity index (χ4v) is 2.86. The fraction of sp³-hybridized carbons (Fsp3) is 0.429. The predicted molar refractivity (Wildman–Crippen MR) is 102 cm³/mol. The summed E-state index contributed by atoms with van der Waals surface area (Å²) in [5.41, 5.74) is 1.29. The Morgan fingerprint density at radius 1 is 0.938 bits per heavy atom. The van der Waals surface area contributed by atoms with Crippen LogP contribution in [0.1, 0.15) is 17.5 Å². The second-order valence-corrected chi connectivity index (χ2v) is 6.91. The Labute approximate surface area is 180 Å². The molecule has 0 fully saturated rings. The van der Waals surface area contributed by atoms with Gasteiger partial charge in [0.1, 0.15) is 24.9 Å². The number of benzene rings is 2. The lowest BCUT2D eigenvalue weighted by Gasteiger charge is -2.22. The summed E-state index contributed by atoms with van der Waals surface area (Å²) >= 11 is 0. The number of hydrogen-bond donors (Lipinski definition) is 1. The van der Waals surface area contributed by atoms with E-state index in [1.807, 2.05) is 0 Å². The number of ether oxygens (including phenoxy) is 2. The quantitative estimate of drug-likeness (QED) is 0.361. The summed E-state index contributed by atoms with van der Waals surface area (Å²) in [5, 5.41) is 9.90. The number of alkyl halides is 7. The van der Waals surface area contributed by atoms with Gasteiger partial charge in [0, 0.05) is 6.54 Å². The van der Waals surface area contributed by atoms with Crippen molar-refractivity contribution in [3.63, 3.8) is 0 Å². The number of halogens is 7. The molecule has 0 saturated carbocycles. The zero-order chi connectivity index (χ0) is 23.8. The number of para-hydroxylation sites is 1. The van der Waals surface area contributed by atoms with E-state index in [-0.39, 0.29) is 23.7 Å². The normalized spacial score (nSPS) is 13.3. The summed E-state index contributed by atoms with van der Waals surface area (Å²) in [6.45, 7) is -2.73. The van der Waals surface area contributed by atoms with Crippen molar-refractivity contribution in [2.24, 2.45) is 0 Å². The van der Waals surface area contributed by atoms with Gasteiger partial charge < -0.3 is 14.6 Å². The molecule has 178 valence electrons. The maximum absolute atomic E-state index is 12.5. The van der Waals surface area contributed by atoms with E-state index in [1.54, 1.807) is 30.3 Å². The first-order valence-corrected chi connectivity index (χ1v) is 9.59. The van der Waals surface area contributed by atoms with Gasteiger partial charge in [-0.25, -0.2) is 4.39 Å². The molecule has 4 nitrogen and oxygen atoms in total. The molecule has 0 radical (unpaired) electrons. The fourth-order valence-electron chi connectivity index (χ4n) is 2.86. The minimum atomic E-state index is -4.83. The van der Waals surface area contributed by atoms with Gasteiger partial charge in [0.2, 0.25) is 0 Å². The Morgan fingerprint density at radius 2 is 1.66 bits per heavy atom. The van der Waals surface area contributed by atoms with E-state index >= 15 is 0 Å². The lowest BCUT2D eigenvalue weighted by atomic mass is 10.0. The van der Waals surface area contributed by atoms with E-state index in [9.17, 15) is 35.8 Å². The molecule has 1 N–H and O–H groups in total. The number of nitrogens with zero attached hydrogens (tertiary/aromatic N) is 1. The molecule has 32 heavy (non-hydrogen) atoms. The first-order valence-electron chi connectivity index (χ1n) is 9.59. The zero-order valence-electron chi connectivity index (χ0n) is 16.8. The minimum absolute atomic E-state index is 0.302. The number of aliphatic hydroxyl groups excluding tert-OH is 1. The highest BCUT2D eigenvalue weighted by molar-refractivity contribution is 5.35. The second kappa shape index (κ2) is 11.4. The Bertz CT molecular complexity index is 843. The van der Waals surface area contributed by atoms with Gasteiger partial charge in [-0.3, -0.25) is 0 Å². The molecule has 11 heteroatoms. The van der Waals surface area contributed by atoms with Crippen LogP contribution in [-0.4, -0.2) is 48.7 Å². The van der Waals surface area contributed by atoms with Gasteiger partial charge in [-0.2, -0.15) is 18.1 Å². The number of aliphatic hydroxyl groups is 1. The van der Waals surface area contributed by atoms with Gasteiger partial charge in [0.15, 0.2) is 0 Å². The summed E-state index contributed by atoms with van der Waals surface area (Å²) in [6, 6.07) is 12.3. The molecule has 2 aromatic rings. The molecule has 0 aliphatic carbocycles. The second-order valence-electron chi connectivity index (χ2n) is 6.91. The van der Waals surface area contributed by atoms with E-state index in [0.29, 0.717) is 29.7 Å². The van der Waals surface area contributed by atoms with Crippen molar-refractivity contribution in [2.75, 3.05) is 20.0 Å². The van der Waals surface area contributed by atoms with Crippen LogP contribution in [0.3, 0.4) is 0 Å². The van der Waals surface area contributed by atoms with Crippen LogP contribution in [0.2, 0.25) is 0 Å². The molecule has 0 bridgehead atoms. The maximum atomic E-state index is 12.5. The van der Waals surface area contributed by atoms with Crippen molar-refractivity contribution in [1.29, 1.82) is 0 Å². The molecular formula is C21H22F7NO3. The van der Waals surface area contributed by atoms with Crippen LogP contribution < -0.4 is 9.47 Å². The third-order valence-corrected chi connectivity index (χ3v) is 4.45. The molecule has 0 amide bonds. The predicted octanol–water partition coefficient (Wildman–Crippen LogP) is 5.25. The van der Waals surface area contributed by atoms with Crippen molar-refractivity contribution in [3.05, 3.63) is 59.7 Å². The molecule has 2 aromatic carbocycles. The lowest BCUT2D eigenvalue weighted by molar-refractivity contribution is -0.274. The van der Waals surface area contributed by atoms with E-state index in [0.717, 1.165) is 0 Å². The number of aryl methyl sites for hydroxylation is 2. The molecule has 0 spiro atoms. The van der Waals surface area contributed by atoms with Crippen LogP contribution in [0.15, 0.2) is 48.5 Å². The topological polar surface area (TPSA) is 41.9 Å². The van der Waals surface area contributed by atoms with E-state index in [4.69, 9.17) is 4.74 Å². The van der Waals surface area contributed by atoms with Crippen molar-refractivity contribution in [2.45, 2.75) is 38.0 Å². The minimum Gasteiger partial charge on any atom is -0.491 e. The van der Waals surface area contributed by atoms with Crippen LogP contribution in [0.4, 0.5) is 30.7 Å². The highest BCUT2D eigenvalue weighted by atomic mass is 19.4. The van der Waals surface area contributed by atoms with Crippen LogP contribution in [-0.2, 0) is 12.8 Å². The average Bonchev–Trinajstić information content (AvgIpc) is 2.69. The molecule has 0 aromatic heterocycles. The monoisotopic (exact) mass is 469 g/mol. The van der Waals surface area contributed by atoms with Crippen molar-refractivity contribution < 1.29 is 45.3 Å². The Hall–Kier alpha value is -2.53. The summed E-state index contributed by atoms with van der Waals surface area (Å²) in [4.78, 5) is -0.360. The third kappa shape index (κ3) is 8.91. The highest BCUT2D eigenvalue weighted by Crippen LogP contribution is 2.26. The SMILES string of the molecule is O[C@@H](CCN(CF)C(F)(F)F)COc1ccccc1CCc1cccc(OC(F)(F)F)c1. The lowest BCUT2D eigenvalue weighted by Crippen LogP contribution is -2.39. The maximum Gasteiger partial charge on any atom is 0.573 e. The van der Waals surface area contributed by atoms with Crippen LogP contribution in [0, 0.1) is 0 Å². The van der Waals surface area contributed by atoms with Crippen molar-refractivity contribution in [3.8, 4) is 11.5 Å². The largest absolute Gasteiger partial charge is 0.573 e. The van der Waals surface area contributed by atoms with E-state index in [1.165, 1.54) is 18.2 Å². The van der Waals surface area contributed by atoms with E-state index in [2.05, 4.69) is 4.74 Å². The average molecular weight is 469 g/mol. The van der Waals surface area contributed by atoms with E-state index < -0.39 is 32.1 Å². The highest BCUT2D eigenvalue weighted by Gasteiger charge is 2.37. The van der Waals surface area contributed by atoms with Crippen LogP contribution >= 0.6 is 0 Å². The molecular weight excluding hydrogens is 447 g/mol. The van der Waals surface area contributed by atoms with Gasteiger partial charge in [-0.1, -0.05) is 30.3 Å². The summed E-state index contributed by atoms with van der Waals surface area (Å²) in [6.07, 6.45) is -10.5. The third-order valence-electron chi connectivity index (χ3n) is 4.45. The standard InChI is InChI=1S/C21H22F7NO3/c22-14-29(20(23,24)25)11-10-17(30)13-31-19-7-2-1-5-16(19)9-8-15-4-3-6-18(12-15)32-21(26,27)28/h1-7,12,17,30H,8-11,13-14H2/t17-/m0/s1. The Balaban J connectivity index is 1.91. The van der Waals surface area contributed by atoms with Gasteiger partial charge >= 0.3 is 12.7 Å². The summed E-state index contributed by atoms with van der Waals surface area (Å²) < 4.78 is 96.5.